The molecule has 1 fully saturated rings. The van der Waals surface area contributed by atoms with Crippen LogP contribution in [0.3, 0.4) is 0 Å². The fourth-order valence-corrected chi connectivity index (χ4v) is 2.45. The van der Waals surface area contributed by atoms with E-state index in [0.29, 0.717) is 6.61 Å². The Kier molecular flexibility index (Phi) is 3.31. The van der Waals surface area contributed by atoms with Crippen molar-refractivity contribution in [2.75, 3.05) is 13.2 Å². The molecule has 2 N–H and O–H groups in total. The van der Waals surface area contributed by atoms with E-state index in [9.17, 15) is 0 Å². The fraction of sp³-hybridized carbons (Fsp3) is 0.467. The van der Waals surface area contributed by atoms with E-state index in [1.54, 1.807) is 0 Å². The van der Waals surface area contributed by atoms with Gasteiger partial charge in [0.25, 0.3) is 0 Å². The molecule has 4 nitrogen and oxygen atoms in total. The topological polar surface area (TPSA) is 46.3 Å². The van der Waals surface area contributed by atoms with Crippen LogP contribution in [0.2, 0.25) is 0 Å². The molecule has 1 atom stereocenters. The minimum atomic E-state index is -0.435. The summed E-state index contributed by atoms with van der Waals surface area (Å²) in [5.41, 5.74) is 2.45. The van der Waals surface area contributed by atoms with Crippen LogP contribution in [0.5, 0.6) is 0 Å². The summed E-state index contributed by atoms with van der Waals surface area (Å²) in [6, 6.07) is 8.55. The Labute approximate surface area is 113 Å². The van der Waals surface area contributed by atoms with Crippen molar-refractivity contribution in [1.29, 1.82) is 0 Å². The molecule has 3 rings (SSSR count). The maximum Gasteiger partial charge on any atom is 0.163 e. The monoisotopic (exact) mass is 260 g/mol. The summed E-state index contributed by atoms with van der Waals surface area (Å²) in [5, 5.41) is 4.67. The summed E-state index contributed by atoms with van der Waals surface area (Å²) in [7, 11) is 0. The van der Waals surface area contributed by atoms with Gasteiger partial charge in [0, 0.05) is 24.8 Å². The summed E-state index contributed by atoms with van der Waals surface area (Å²) in [5.74, 6) is -0.435. The van der Waals surface area contributed by atoms with Crippen LogP contribution >= 0.6 is 0 Å². The molecule has 1 aliphatic rings. The van der Waals surface area contributed by atoms with Crippen molar-refractivity contribution in [3.63, 3.8) is 0 Å². The predicted molar refractivity (Wildman–Crippen MR) is 74.9 cm³/mol. The highest BCUT2D eigenvalue weighted by atomic mass is 16.7. The van der Waals surface area contributed by atoms with Crippen molar-refractivity contribution < 1.29 is 9.47 Å². The molecule has 19 heavy (non-hydrogen) atoms. The minimum absolute atomic E-state index is 0.143. The molecular weight excluding hydrogens is 240 g/mol. The lowest BCUT2D eigenvalue weighted by atomic mass is 10.1. The zero-order valence-electron chi connectivity index (χ0n) is 11.4. The Bertz CT molecular complexity index is 562. The van der Waals surface area contributed by atoms with E-state index < -0.39 is 5.79 Å². The number of fused-ring (bicyclic) bond motifs is 1. The first kappa shape index (κ1) is 12.7. The van der Waals surface area contributed by atoms with E-state index in [-0.39, 0.29) is 6.10 Å². The zero-order chi connectivity index (χ0) is 13.3. The van der Waals surface area contributed by atoms with Gasteiger partial charge in [-0.2, -0.15) is 0 Å². The molecule has 0 aliphatic carbocycles. The lowest BCUT2D eigenvalue weighted by molar-refractivity contribution is -0.137. The smallest absolute Gasteiger partial charge is 0.163 e. The van der Waals surface area contributed by atoms with Crippen LogP contribution in [-0.2, 0) is 16.0 Å². The van der Waals surface area contributed by atoms with E-state index in [1.807, 2.05) is 20.0 Å². The van der Waals surface area contributed by atoms with Crippen LogP contribution in [0.25, 0.3) is 10.9 Å². The number of aromatic nitrogens is 1. The van der Waals surface area contributed by atoms with Gasteiger partial charge in [0.15, 0.2) is 5.79 Å². The predicted octanol–water partition coefficient (Wildman–Crippen LogP) is 2.41. The van der Waals surface area contributed by atoms with Crippen molar-refractivity contribution in [3.8, 4) is 0 Å². The largest absolute Gasteiger partial charge is 0.361 e. The summed E-state index contributed by atoms with van der Waals surface area (Å²) in [4.78, 5) is 3.23. The summed E-state index contributed by atoms with van der Waals surface area (Å²) < 4.78 is 11.3. The molecule has 4 heteroatoms. The molecule has 1 aromatic carbocycles. The first-order valence-electron chi connectivity index (χ1n) is 6.71. The van der Waals surface area contributed by atoms with Gasteiger partial charge in [0.1, 0.15) is 0 Å². The second-order valence-corrected chi connectivity index (χ2v) is 5.48. The lowest BCUT2D eigenvalue weighted by Crippen LogP contribution is -2.30. The normalized spacial score (nSPS) is 22.1. The second kappa shape index (κ2) is 4.96. The molecule has 0 amide bonds. The highest BCUT2D eigenvalue weighted by molar-refractivity contribution is 5.79. The van der Waals surface area contributed by atoms with Gasteiger partial charge >= 0.3 is 0 Å². The molecule has 1 unspecified atom stereocenters. The zero-order valence-corrected chi connectivity index (χ0v) is 11.4. The number of H-pyrrole nitrogens is 1. The number of aromatic amines is 1. The van der Waals surface area contributed by atoms with Crippen LogP contribution in [0.15, 0.2) is 30.5 Å². The summed E-state index contributed by atoms with van der Waals surface area (Å²) in [6.07, 6.45) is 2.11. The van der Waals surface area contributed by atoms with Crippen molar-refractivity contribution in [1.82, 2.24) is 10.3 Å². The quantitative estimate of drug-likeness (QED) is 0.887. The van der Waals surface area contributed by atoms with Crippen molar-refractivity contribution in [2.45, 2.75) is 32.3 Å². The maximum absolute atomic E-state index is 5.75. The number of nitrogens with one attached hydrogen (secondary N) is 2. The third-order valence-electron chi connectivity index (χ3n) is 3.39. The first-order valence-corrected chi connectivity index (χ1v) is 6.71. The SMILES string of the molecule is CC1(C)OCC(CNCc2ccc3cc[nH]c3c2)O1. The number of ether oxygens (including phenoxy) is 2. The average molecular weight is 260 g/mol. The summed E-state index contributed by atoms with van der Waals surface area (Å²) >= 11 is 0. The van der Waals surface area contributed by atoms with Crippen LogP contribution in [0, 0.1) is 0 Å². The van der Waals surface area contributed by atoms with Crippen LogP contribution in [0.4, 0.5) is 0 Å². The summed E-state index contributed by atoms with van der Waals surface area (Å²) in [6.45, 7) is 6.22. The van der Waals surface area contributed by atoms with E-state index in [1.165, 1.54) is 16.5 Å². The number of rotatable bonds is 4. The van der Waals surface area contributed by atoms with Gasteiger partial charge in [-0.15, -0.1) is 0 Å². The van der Waals surface area contributed by atoms with Gasteiger partial charge in [-0.1, -0.05) is 12.1 Å². The highest BCUT2D eigenvalue weighted by Crippen LogP contribution is 2.21. The van der Waals surface area contributed by atoms with Crippen LogP contribution in [0.1, 0.15) is 19.4 Å². The fourth-order valence-electron chi connectivity index (χ4n) is 2.45. The maximum atomic E-state index is 5.75. The molecule has 2 heterocycles. The lowest BCUT2D eigenvalue weighted by Gasteiger charge is -2.17. The minimum Gasteiger partial charge on any atom is -0.361 e. The molecule has 102 valence electrons. The molecular formula is C15H20N2O2. The van der Waals surface area contributed by atoms with Gasteiger partial charge in [-0.3, -0.25) is 0 Å². The Morgan fingerprint density at radius 3 is 3.05 bits per heavy atom. The molecule has 0 saturated carbocycles. The van der Waals surface area contributed by atoms with E-state index in [2.05, 4.69) is 34.6 Å². The van der Waals surface area contributed by atoms with Crippen molar-refractivity contribution in [2.24, 2.45) is 0 Å². The van der Waals surface area contributed by atoms with Gasteiger partial charge < -0.3 is 19.8 Å². The van der Waals surface area contributed by atoms with E-state index in [4.69, 9.17) is 9.47 Å². The molecule has 0 radical (unpaired) electrons. The Morgan fingerprint density at radius 2 is 2.26 bits per heavy atom. The third-order valence-corrected chi connectivity index (χ3v) is 3.39. The number of hydrogen-bond donors (Lipinski definition) is 2. The molecule has 0 spiro atoms. The van der Waals surface area contributed by atoms with Crippen LogP contribution < -0.4 is 5.32 Å². The Balaban J connectivity index is 1.52. The second-order valence-electron chi connectivity index (χ2n) is 5.48. The van der Waals surface area contributed by atoms with E-state index >= 15 is 0 Å². The van der Waals surface area contributed by atoms with E-state index in [0.717, 1.165) is 13.1 Å². The molecule has 1 aliphatic heterocycles. The number of benzene rings is 1. The first-order chi connectivity index (χ1) is 9.12. The van der Waals surface area contributed by atoms with Gasteiger partial charge in [0.05, 0.1) is 12.7 Å². The molecule has 1 aromatic heterocycles. The molecule has 0 bridgehead atoms. The molecule has 2 aromatic rings. The molecule has 1 saturated heterocycles. The van der Waals surface area contributed by atoms with Crippen molar-refractivity contribution in [3.05, 3.63) is 36.0 Å². The van der Waals surface area contributed by atoms with Gasteiger partial charge in [0.2, 0.25) is 0 Å². The third kappa shape index (κ3) is 2.97. The Morgan fingerprint density at radius 1 is 1.37 bits per heavy atom. The number of hydrogen-bond acceptors (Lipinski definition) is 3. The van der Waals surface area contributed by atoms with Gasteiger partial charge in [-0.05, 0) is 36.9 Å². The Hall–Kier alpha value is -1.36. The highest BCUT2D eigenvalue weighted by Gasteiger charge is 2.32. The van der Waals surface area contributed by atoms with Crippen molar-refractivity contribution >= 4 is 10.9 Å². The van der Waals surface area contributed by atoms with Gasteiger partial charge in [-0.25, -0.2) is 0 Å². The standard InChI is InChI=1S/C15H20N2O2/c1-15(2)18-10-13(19-15)9-16-8-11-3-4-12-5-6-17-14(12)7-11/h3-7,13,16-17H,8-10H2,1-2H3. The average Bonchev–Trinajstić information content (AvgIpc) is 2.95. The van der Waals surface area contributed by atoms with Crippen LogP contribution in [-0.4, -0.2) is 30.0 Å².